The van der Waals surface area contributed by atoms with Gasteiger partial charge in [0.05, 0.1) is 0 Å². The Labute approximate surface area is 170 Å². The van der Waals surface area contributed by atoms with Crippen LogP contribution in [0.3, 0.4) is 0 Å². The van der Waals surface area contributed by atoms with Crippen molar-refractivity contribution in [2.45, 2.75) is 48.5 Å². The van der Waals surface area contributed by atoms with E-state index in [9.17, 15) is 0 Å². The van der Waals surface area contributed by atoms with Crippen molar-refractivity contribution in [1.29, 1.82) is 0 Å². The van der Waals surface area contributed by atoms with E-state index in [-0.39, 0.29) is 17.1 Å². The first-order valence-electron chi connectivity index (χ1n) is 8.83. The van der Waals surface area contributed by atoms with Gasteiger partial charge in [-0.1, -0.05) is 35.4 Å². The fourth-order valence-corrected chi connectivity index (χ4v) is 3.78. The molecule has 2 aromatic rings. The van der Waals surface area contributed by atoms with Crippen LogP contribution in [0.25, 0.3) is 0 Å². The summed E-state index contributed by atoms with van der Waals surface area (Å²) >= 11 is 0. The van der Waals surface area contributed by atoms with Crippen molar-refractivity contribution >= 4 is 11.4 Å². The first-order valence-corrected chi connectivity index (χ1v) is 8.83. The standard InChI is InChI=1S/C21H25N2.C2H5.Cu/c1-14-9-16(3)20(17(4)10-14)22-7-8-23(13-22)21-18(5)11-15(2)12-19(21)6;1-2;/h7-13H,1-6H3;1H2,2H3;/q2*-1;+2. The Bertz CT molecular complexity index is 681. The van der Waals surface area contributed by atoms with Crippen molar-refractivity contribution in [2.24, 2.45) is 0 Å². The normalized spacial score (nSPS) is 12.6. The van der Waals surface area contributed by atoms with Gasteiger partial charge in [0.1, 0.15) is 0 Å². The van der Waals surface area contributed by atoms with Gasteiger partial charge in [0.2, 0.25) is 0 Å². The van der Waals surface area contributed by atoms with E-state index in [4.69, 9.17) is 0 Å². The molecular formula is C23H30CuN2. The van der Waals surface area contributed by atoms with E-state index in [0.29, 0.717) is 0 Å². The molecule has 3 rings (SSSR count). The minimum absolute atomic E-state index is 0. The summed E-state index contributed by atoms with van der Waals surface area (Å²) in [5, 5.41) is 0. The molecule has 0 N–H and O–H groups in total. The van der Waals surface area contributed by atoms with Crippen molar-refractivity contribution in [1.82, 2.24) is 0 Å². The Morgan fingerprint density at radius 1 is 0.615 bits per heavy atom. The Hall–Kier alpha value is -1.70. The molecule has 0 amide bonds. The number of nitrogens with zero attached hydrogens (tertiary/aromatic N) is 2. The van der Waals surface area contributed by atoms with Gasteiger partial charge in [0.25, 0.3) is 0 Å². The number of aryl methyl sites for hydroxylation is 6. The first-order chi connectivity index (χ1) is 11.9. The summed E-state index contributed by atoms with van der Waals surface area (Å²) < 4.78 is 0. The number of rotatable bonds is 2. The van der Waals surface area contributed by atoms with E-state index in [1.807, 2.05) is 0 Å². The van der Waals surface area contributed by atoms with E-state index in [2.05, 4.69) is 102 Å². The molecule has 3 heteroatoms. The minimum Gasteiger partial charge on any atom is -0.479 e. The van der Waals surface area contributed by atoms with Crippen molar-refractivity contribution in [2.75, 3.05) is 9.80 Å². The summed E-state index contributed by atoms with van der Waals surface area (Å²) in [4.78, 5) is 4.45. The molecule has 0 saturated carbocycles. The van der Waals surface area contributed by atoms with Crippen LogP contribution in [0, 0.1) is 55.1 Å². The van der Waals surface area contributed by atoms with Gasteiger partial charge >= 0.3 is 17.1 Å². The van der Waals surface area contributed by atoms with E-state index >= 15 is 0 Å². The van der Waals surface area contributed by atoms with Gasteiger partial charge in [-0.05, 0) is 76.2 Å². The summed E-state index contributed by atoms with van der Waals surface area (Å²) in [6.45, 7) is 20.2. The second kappa shape index (κ2) is 9.30. The summed E-state index contributed by atoms with van der Waals surface area (Å²) in [6.07, 6.45) is 4.28. The smallest absolute Gasteiger partial charge is 0.479 e. The average Bonchev–Trinajstić information content (AvgIpc) is 2.96. The summed E-state index contributed by atoms with van der Waals surface area (Å²) in [6, 6.07) is 8.98. The van der Waals surface area contributed by atoms with Crippen LogP contribution in [0.15, 0.2) is 36.7 Å². The van der Waals surface area contributed by atoms with Crippen LogP contribution in [0.4, 0.5) is 11.4 Å². The van der Waals surface area contributed by atoms with Crippen molar-refractivity contribution in [3.05, 3.63) is 83.6 Å². The predicted octanol–water partition coefficient (Wildman–Crippen LogP) is 6.29. The third kappa shape index (κ3) is 4.52. The third-order valence-corrected chi connectivity index (χ3v) is 4.42. The molecular weight excluding hydrogens is 368 g/mol. The quantitative estimate of drug-likeness (QED) is 0.433. The van der Waals surface area contributed by atoms with Crippen molar-refractivity contribution in [3.63, 3.8) is 0 Å². The number of anilines is 2. The second-order valence-corrected chi connectivity index (χ2v) is 6.72. The first kappa shape index (κ1) is 22.3. The van der Waals surface area contributed by atoms with Crippen molar-refractivity contribution in [3.8, 4) is 0 Å². The van der Waals surface area contributed by atoms with Crippen LogP contribution in [0.5, 0.6) is 0 Å². The zero-order chi connectivity index (χ0) is 18.7. The second-order valence-electron chi connectivity index (χ2n) is 6.72. The van der Waals surface area contributed by atoms with E-state index < -0.39 is 0 Å². The maximum Gasteiger partial charge on any atom is 2.00 e. The Balaban J connectivity index is 0.00000109. The van der Waals surface area contributed by atoms with Crippen LogP contribution in [-0.2, 0) is 17.1 Å². The fraction of sp³-hybridized carbons (Fsp3) is 0.304. The molecule has 143 valence electrons. The molecule has 0 unspecified atom stereocenters. The molecule has 1 heterocycles. The Kier molecular flexibility index (Phi) is 7.99. The Morgan fingerprint density at radius 2 is 0.885 bits per heavy atom. The Morgan fingerprint density at radius 3 is 1.15 bits per heavy atom. The minimum atomic E-state index is 0. The van der Waals surface area contributed by atoms with E-state index in [1.54, 1.807) is 6.92 Å². The molecule has 0 spiro atoms. The predicted molar refractivity (Wildman–Crippen MR) is 111 cm³/mol. The average molecular weight is 398 g/mol. The summed E-state index contributed by atoms with van der Waals surface area (Å²) in [7, 11) is 0. The maximum atomic E-state index is 3.25. The van der Waals surface area contributed by atoms with Crippen molar-refractivity contribution < 1.29 is 17.1 Å². The molecule has 2 aromatic carbocycles. The summed E-state index contributed by atoms with van der Waals surface area (Å²) in [5.74, 6) is 0. The monoisotopic (exact) mass is 397 g/mol. The zero-order valence-electron chi connectivity index (χ0n) is 16.9. The van der Waals surface area contributed by atoms with Crippen LogP contribution < -0.4 is 9.80 Å². The van der Waals surface area contributed by atoms with Crippen LogP contribution in [-0.4, -0.2) is 0 Å². The molecule has 1 aliphatic heterocycles. The fourth-order valence-electron chi connectivity index (χ4n) is 3.78. The van der Waals surface area contributed by atoms with Crippen LogP contribution >= 0.6 is 0 Å². The number of benzene rings is 2. The molecule has 0 aliphatic carbocycles. The number of hydrogen-bond acceptors (Lipinski definition) is 2. The molecule has 0 aromatic heterocycles. The SMILES string of the molecule is Cc1cc(C)c(N2C=CN(c3c(C)cc(C)cc3C)[CH-]2)c(C)c1.[CH2-]C.[Cu+2]. The van der Waals surface area contributed by atoms with Gasteiger partial charge in [-0.25, -0.2) is 0 Å². The van der Waals surface area contributed by atoms with Gasteiger partial charge in [-0.2, -0.15) is 6.92 Å². The van der Waals surface area contributed by atoms with Gasteiger partial charge in [0, 0.05) is 11.4 Å². The van der Waals surface area contributed by atoms with E-state index in [0.717, 1.165) is 0 Å². The molecule has 0 bridgehead atoms. The van der Waals surface area contributed by atoms with Gasteiger partial charge in [-0.15, -0.1) is 6.67 Å². The maximum absolute atomic E-state index is 3.25. The zero-order valence-corrected chi connectivity index (χ0v) is 17.9. The van der Waals surface area contributed by atoms with E-state index in [1.165, 1.54) is 44.8 Å². The van der Waals surface area contributed by atoms with Gasteiger partial charge in [0.15, 0.2) is 0 Å². The van der Waals surface area contributed by atoms with Crippen LogP contribution in [0.1, 0.15) is 40.3 Å². The van der Waals surface area contributed by atoms with Gasteiger partial charge in [-0.3, -0.25) is 0 Å². The van der Waals surface area contributed by atoms with Crippen LogP contribution in [0.2, 0.25) is 0 Å². The molecule has 2 nitrogen and oxygen atoms in total. The summed E-state index contributed by atoms with van der Waals surface area (Å²) in [5.41, 5.74) is 10.4. The molecule has 0 fully saturated rings. The third-order valence-electron chi connectivity index (χ3n) is 4.42. The molecule has 1 radical (unpaired) electrons. The number of hydrogen-bond donors (Lipinski definition) is 0. The molecule has 0 saturated heterocycles. The largest absolute Gasteiger partial charge is 2.00 e. The molecule has 26 heavy (non-hydrogen) atoms. The molecule has 1 aliphatic rings. The topological polar surface area (TPSA) is 6.48 Å². The molecule has 0 atom stereocenters. The van der Waals surface area contributed by atoms with Gasteiger partial charge < -0.3 is 16.7 Å².